The van der Waals surface area contributed by atoms with E-state index in [1.807, 2.05) is 25.4 Å². The van der Waals surface area contributed by atoms with Crippen molar-refractivity contribution in [2.45, 2.75) is 53.4 Å². The summed E-state index contributed by atoms with van der Waals surface area (Å²) in [4.78, 5) is 4.13. The number of hydrogen-bond donors (Lipinski definition) is 0. The van der Waals surface area contributed by atoms with Gasteiger partial charge in [0.15, 0.2) is 0 Å². The van der Waals surface area contributed by atoms with Crippen molar-refractivity contribution >= 4 is 11.3 Å². The lowest BCUT2D eigenvalue weighted by atomic mass is 10.0. The lowest BCUT2D eigenvalue weighted by molar-refractivity contribution is 0.392. The molecule has 0 aliphatic heterocycles. The predicted octanol–water partition coefficient (Wildman–Crippen LogP) is 4.68. The van der Waals surface area contributed by atoms with Crippen molar-refractivity contribution in [3.05, 3.63) is 33.6 Å². The highest BCUT2D eigenvalue weighted by Gasteiger charge is 2.11. The molecule has 0 saturated carbocycles. The van der Waals surface area contributed by atoms with Gasteiger partial charge in [-0.25, -0.2) is 4.98 Å². The van der Waals surface area contributed by atoms with E-state index >= 15 is 0 Å². The number of thiazole rings is 1. The number of aromatic nitrogens is 2. The highest BCUT2D eigenvalue weighted by Crippen LogP contribution is 2.21. The fourth-order valence-corrected chi connectivity index (χ4v) is 2.49. The number of aryl methyl sites for hydroxylation is 2. The molecule has 2 heterocycles. The Bertz CT molecular complexity index is 439. The van der Waals surface area contributed by atoms with E-state index < -0.39 is 0 Å². The Morgan fingerprint density at radius 1 is 1.11 bits per heavy atom. The molecule has 0 atom stereocenters. The van der Waals surface area contributed by atoms with Gasteiger partial charge in [-0.15, -0.1) is 11.3 Å². The predicted molar refractivity (Wildman–Crippen MR) is 76.3 cm³/mol. The van der Waals surface area contributed by atoms with Gasteiger partial charge < -0.3 is 4.52 Å². The van der Waals surface area contributed by atoms with Gasteiger partial charge in [0.2, 0.25) is 0 Å². The Kier molecular flexibility index (Phi) is 5.54. The smallest absolute Gasteiger partial charge is 0.137 e. The standard InChI is InChI=1S/C8H13NO.C6H9NS/c1-5(2)8-6(3)9-10-7(8)4;1-5(2)6-7-3-4-8-6/h5H,1-4H3;3-5H,1-2H3. The molecular weight excluding hydrogens is 244 g/mol. The van der Waals surface area contributed by atoms with E-state index in [9.17, 15) is 0 Å². The molecule has 0 amide bonds. The molecule has 4 heteroatoms. The van der Waals surface area contributed by atoms with Gasteiger partial charge in [0.1, 0.15) is 5.76 Å². The zero-order valence-corrected chi connectivity index (χ0v) is 12.8. The van der Waals surface area contributed by atoms with Gasteiger partial charge in [-0.2, -0.15) is 0 Å². The molecule has 0 fully saturated rings. The zero-order valence-electron chi connectivity index (χ0n) is 12.0. The molecule has 0 saturated heterocycles. The first kappa shape index (κ1) is 14.9. The van der Waals surface area contributed by atoms with Crippen molar-refractivity contribution in [2.75, 3.05) is 0 Å². The molecule has 0 aliphatic carbocycles. The topological polar surface area (TPSA) is 38.9 Å². The summed E-state index contributed by atoms with van der Waals surface area (Å²) in [6.07, 6.45) is 1.85. The normalized spacial score (nSPS) is 10.7. The lowest BCUT2D eigenvalue weighted by Gasteiger charge is -2.00. The van der Waals surface area contributed by atoms with Crippen LogP contribution in [0.5, 0.6) is 0 Å². The van der Waals surface area contributed by atoms with Crippen LogP contribution >= 0.6 is 11.3 Å². The molecule has 0 unspecified atom stereocenters. The molecular formula is C14H22N2OS. The third-order valence-electron chi connectivity index (χ3n) is 2.61. The summed E-state index contributed by atoms with van der Waals surface area (Å²) >= 11 is 1.72. The van der Waals surface area contributed by atoms with Crippen molar-refractivity contribution in [1.82, 2.24) is 10.1 Å². The van der Waals surface area contributed by atoms with Crippen LogP contribution in [0.3, 0.4) is 0 Å². The van der Waals surface area contributed by atoms with Crippen LogP contribution in [-0.2, 0) is 0 Å². The van der Waals surface area contributed by atoms with Crippen molar-refractivity contribution in [3.63, 3.8) is 0 Å². The zero-order chi connectivity index (χ0) is 13.7. The van der Waals surface area contributed by atoms with Crippen LogP contribution in [0.1, 0.15) is 61.6 Å². The molecule has 0 radical (unpaired) electrons. The molecule has 2 rings (SSSR count). The van der Waals surface area contributed by atoms with E-state index in [1.165, 1.54) is 10.6 Å². The Morgan fingerprint density at radius 2 is 1.78 bits per heavy atom. The second kappa shape index (κ2) is 6.69. The van der Waals surface area contributed by atoms with Crippen LogP contribution in [0.25, 0.3) is 0 Å². The number of rotatable bonds is 2. The summed E-state index contributed by atoms with van der Waals surface area (Å²) < 4.78 is 5.01. The van der Waals surface area contributed by atoms with Crippen molar-refractivity contribution in [3.8, 4) is 0 Å². The summed E-state index contributed by atoms with van der Waals surface area (Å²) in [7, 11) is 0. The van der Waals surface area contributed by atoms with Gasteiger partial charge in [0.25, 0.3) is 0 Å². The number of nitrogens with zero attached hydrogens (tertiary/aromatic N) is 2. The minimum atomic E-state index is 0.520. The first-order chi connectivity index (χ1) is 8.43. The molecule has 0 bridgehead atoms. The monoisotopic (exact) mass is 266 g/mol. The molecule has 0 spiro atoms. The summed E-state index contributed by atoms with van der Waals surface area (Å²) in [5.41, 5.74) is 2.27. The summed E-state index contributed by atoms with van der Waals surface area (Å²) in [6.45, 7) is 12.5. The SMILES string of the molecule is CC(C)c1nccs1.Cc1noc(C)c1C(C)C. The third kappa shape index (κ3) is 3.95. The molecule has 18 heavy (non-hydrogen) atoms. The van der Waals surface area contributed by atoms with Crippen LogP contribution in [0.4, 0.5) is 0 Å². The second-order valence-corrected chi connectivity index (χ2v) is 5.84. The highest BCUT2D eigenvalue weighted by atomic mass is 32.1. The maximum absolute atomic E-state index is 5.01. The van der Waals surface area contributed by atoms with Crippen LogP contribution < -0.4 is 0 Å². The summed E-state index contributed by atoms with van der Waals surface area (Å²) in [5, 5.41) is 7.10. The van der Waals surface area contributed by atoms with E-state index in [-0.39, 0.29) is 0 Å². The first-order valence-corrected chi connectivity index (χ1v) is 7.13. The van der Waals surface area contributed by atoms with Crippen molar-refractivity contribution in [2.24, 2.45) is 0 Å². The quantitative estimate of drug-likeness (QED) is 0.792. The van der Waals surface area contributed by atoms with E-state index in [0.717, 1.165) is 11.5 Å². The van der Waals surface area contributed by atoms with Crippen LogP contribution in [-0.4, -0.2) is 10.1 Å². The molecule has 0 N–H and O–H groups in total. The average Bonchev–Trinajstić information content (AvgIpc) is 2.89. The van der Waals surface area contributed by atoms with Crippen molar-refractivity contribution < 1.29 is 4.52 Å². The van der Waals surface area contributed by atoms with Crippen molar-refractivity contribution in [1.29, 1.82) is 0 Å². The van der Waals surface area contributed by atoms with Gasteiger partial charge in [0, 0.05) is 23.1 Å². The van der Waals surface area contributed by atoms with E-state index in [4.69, 9.17) is 4.52 Å². The molecule has 3 nitrogen and oxygen atoms in total. The Labute approximate surface area is 113 Å². The van der Waals surface area contributed by atoms with Gasteiger partial charge in [-0.3, -0.25) is 0 Å². The minimum absolute atomic E-state index is 0.520. The third-order valence-corrected chi connectivity index (χ3v) is 3.69. The Balaban J connectivity index is 0.000000184. The van der Waals surface area contributed by atoms with Gasteiger partial charge in [-0.1, -0.05) is 32.9 Å². The molecule has 2 aromatic rings. The Morgan fingerprint density at radius 3 is 2.00 bits per heavy atom. The van der Waals surface area contributed by atoms with Gasteiger partial charge in [0.05, 0.1) is 10.7 Å². The van der Waals surface area contributed by atoms with E-state index in [2.05, 4.69) is 37.8 Å². The van der Waals surface area contributed by atoms with Crippen LogP contribution in [0.15, 0.2) is 16.1 Å². The first-order valence-electron chi connectivity index (χ1n) is 6.25. The Hall–Kier alpha value is -1.16. The molecule has 100 valence electrons. The van der Waals surface area contributed by atoms with Gasteiger partial charge in [-0.05, 0) is 19.8 Å². The van der Waals surface area contributed by atoms with Crippen LogP contribution in [0.2, 0.25) is 0 Å². The highest BCUT2D eigenvalue weighted by molar-refractivity contribution is 7.09. The van der Waals surface area contributed by atoms with Gasteiger partial charge >= 0.3 is 0 Å². The maximum Gasteiger partial charge on any atom is 0.137 e. The summed E-state index contributed by atoms with van der Waals surface area (Å²) in [6, 6.07) is 0. The van der Waals surface area contributed by atoms with E-state index in [0.29, 0.717) is 11.8 Å². The van der Waals surface area contributed by atoms with E-state index in [1.54, 1.807) is 11.3 Å². The lowest BCUT2D eigenvalue weighted by Crippen LogP contribution is -1.89. The molecule has 2 aromatic heterocycles. The maximum atomic E-state index is 5.01. The number of hydrogen-bond acceptors (Lipinski definition) is 4. The van der Waals surface area contributed by atoms with Crippen LogP contribution in [0, 0.1) is 13.8 Å². The fourth-order valence-electron chi connectivity index (χ4n) is 1.83. The fraction of sp³-hybridized carbons (Fsp3) is 0.571. The largest absolute Gasteiger partial charge is 0.361 e. The minimum Gasteiger partial charge on any atom is -0.361 e. The summed E-state index contributed by atoms with van der Waals surface area (Å²) in [5.74, 6) is 2.06. The molecule has 0 aliphatic rings. The average molecular weight is 266 g/mol. The second-order valence-electron chi connectivity index (χ2n) is 4.92. The molecule has 0 aromatic carbocycles.